The summed E-state index contributed by atoms with van der Waals surface area (Å²) >= 11 is 5.72. The molecule has 1 aromatic heterocycles. The molecule has 0 atom stereocenters. The molecular weight excluding hydrogens is 441 g/mol. The number of rotatable bonds is 5. The summed E-state index contributed by atoms with van der Waals surface area (Å²) in [6.07, 6.45) is 3.10. The second kappa shape index (κ2) is 9.02. The standard InChI is InChI=1S/C23H24ClF3N4O/c1-11-3-8-15-16(9-11)30-31-22(15)28-10-13-4-6-14(7-5-13)29-23(32)17-18(24)21(27)20(26)12(2)19(17)25/h3,8-9,13-14H,4-7,10H2,1-2H3,(H,29,32)(H2,28,30,31). The summed E-state index contributed by atoms with van der Waals surface area (Å²) in [5.41, 5.74) is 0.936. The number of hydrogen-bond donors (Lipinski definition) is 3. The molecule has 0 aliphatic heterocycles. The molecule has 3 N–H and O–H groups in total. The van der Waals surface area contributed by atoms with Gasteiger partial charge in [0.1, 0.15) is 5.82 Å². The minimum absolute atomic E-state index is 0.183. The predicted octanol–water partition coefficient (Wildman–Crippen LogP) is 5.65. The highest BCUT2D eigenvalue weighted by molar-refractivity contribution is 6.34. The van der Waals surface area contributed by atoms with Gasteiger partial charge in [0.05, 0.1) is 16.1 Å². The molecule has 0 radical (unpaired) electrons. The monoisotopic (exact) mass is 464 g/mol. The van der Waals surface area contributed by atoms with E-state index in [1.807, 2.05) is 25.1 Å². The Morgan fingerprint density at radius 3 is 2.56 bits per heavy atom. The zero-order chi connectivity index (χ0) is 23.0. The molecule has 1 aliphatic carbocycles. The Bertz CT molecular complexity index is 1140. The smallest absolute Gasteiger partial charge is 0.256 e. The van der Waals surface area contributed by atoms with Crippen molar-refractivity contribution < 1.29 is 18.0 Å². The minimum Gasteiger partial charge on any atom is -0.368 e. The highest BCUT2D eigenvalue weighted by atomic mass is 35.5. The van der Waals surface area contributed by atoms with E-state index < -0.39 is 39.5 Å². The summed E-state index contributed by atoms with van der Waals surface area (Å²) in [5, 5.41) is 13.7. The van der Waals surface area contributed by atoms with Gasteiger partial charge in [0, 0.05) is 23.5 Å². The van der Waals surface area contributed by atoms with Crippen molar-refractivity contribution in [1.29, 1.82) is 0 Å². The average Bonchev–Trinajstić information content (AvgIpc) is 3.18. The van der Waals surface area contributed by atoms with Gasteiger partial charge in [-0.05, 0) is 63.1 Å². The number of fused-ring (bicyclic) bond motifs is 1. The van der Waals surface area contributed by atoms with E-state index in [1.54, 1.807) is 0 Å². The Hall–Kier alpha value is -2.74. The molecule has 1 fully saturated rings. The number of aromatic nitrogens is 2. The lowest BCUT2D eigenvalue weighted by atomic mass is 9.86. The van der Waals surface area contributed by atoms with Crippen molar-refractivity contribution >= 4 is 34.2 Å². The van der Waals surface area contributed by atoms with Crippen LogP contribution in [0.1, 0.15) is 47.2 Å². The molecule has 2 aromatic carbocycles. The Kier molecular flexibility index (Phi) is 6.33. The molecule has 0 bridgehead atoms. The van der Waals surface area contributed by atoms with Crippen LogP contribution in [0.4, 0.5) is 19.0 Å². The number of nitrogens with zero attached hydrogens (tertiary/aromatic N) is 1. The number of aromatic amines is 1. The van der Waals surface area contributed by atoms with Crippen LogP contribution in [0.2, 0.25) is 5.02 Å². The van der Waals surface area contributed by atoms with E-state index >= 15 is 0 Å². The summed E-state index contributed by atoms with van der Waals surface area (Å²) in [6, 6.07) is 5.94. The summed E-state index contributed by atoms with van der Waals surface area (Å²) in [7, 11) is 0. The van der Waals surface area contributed by atoms with Crippen molar-refractivity contribution in [2.24, 2.45) is 5.92 Å². The molecule has 32 heavy (non-hydrogen) atoms. The summed E-state index contributed by atoms with van der Waals surface area (Å²) in [4.78, 5) is 12.5. The lowest BCUT2D eigenvalue weighted by Gasteiger charge is -2.29. The van der Waals surface area contributed by atoms with Gasteiger partial charge in [-0.25, -0.2) is 13.2 Å². The van der Waals surface area contributed by atoms with Crippen molar-refractivity contribution in [3.8, 4) is 0 Å². The summed E-state index contributed by atoms with van der Waals surface area (Å²) in [5.74, 6) is -3.54. The molecule has 5 nitrogen and oxygen atoms in total. The van der Waals surface area contributed by atoms with Crippen molar-refractivity contribution in [2.45, 2.75) is 45.6 Å². The third-order valence-electron chi connectivity index (χ3n) is 6.17. The normalized spacial score (nSPS) is 18.7. The van der Waals surface area contributed by atoms with Gasteiger partial charge in [-0.15, -0.1) is 0 Å². The fourth-order valence-electron chi connectivity index (χ4n) is 4.23. The van der Waals surface area contributed by atoms with Crippen LogP contribution in [0.5, 0.6) is 0 Å². The van der Waals surface area contributed by atoms with Crippen LogP contribution in [0, 0.1) is 37.2 Å². The van der Waals surface area contributed by atoms with Gasteiger partial charge in [0.15, 0.2) is 17.5 Å². The molecule has 4 rings (SSSR count). The third kappa shape index (κ3) is 4.28. The molecule has 3 aromatic rings. The molecule has 1 aliphatic rings. The number of aryl methyl sites for hydroxylation is 1. The van der Waals surface area contributed by atoms with Crippen LogP contribution < -0.4 is 10.6 Å². The first-order valence-corrected chi connectivity index (χ1v) is 11.0. The van der Waals surface area contributed by atoms with Crippen molar-refractivity contribution in [3.63, 3.8) is 0 Å². The Labute approximate surface area is 188 Å². The maximum Gasteiger partial charge on any atom is 0.256 e. The number of benzene rings is 2. The Balaban J connectivity index is 1.33. The van der Waals surface area contributed by atoms with E-state index in [2.05, 4.69) is 20.8 Å². The van der Waals surface area contributed by atoms with E-state index in [1.165, 1.54) is 0 Å². The molecule has 1 saturated carbocycles. The van der Waals surface area contributed by atoms with E-state index in [0.717, 1.165) is 48.6 Å². The van der Waals surface area contributed by atoms with Gasteiger partial charge in [-0.1, -0.05) is 17.7 Å². The predicted molar refractivity (Wildman–Crippen MR) is 119 cm³/mol. The zero-order valence-corrected chi connectivity index (χ0v) is 18.5. The summed E-state index contributed by atoms with van der Waals surface area (Å²) < 4.78 is 41.9. The third-order valence-corrected chi connectivity index (χ3v) is 6.52. The second-order valence-electron chi connectivity index (χ2n) is 8.45. The van der Waals surface area contributed by atoms with E-state index in [4.69, 9.17) is 11.6 Å². The Morgan fingerprint density at radius 2 is 1.84 bits per heavy atom. The number of nitrogens with one attached hydrogen (secondary N) is 3. The maximum absolute atomic E-state index is 14.4. The van der Waals surface area contributed by atoms with Crippen LogP contribution in [0.25, 0.3) is 10.9 Å². The molecule has 170 valence electrons. The van der Waals surface area contributed by atoms with Gasteiger partial charge in [-0.2, -0.15) is 5.10 Å². The van der Waals surface area contributed by atoms with Gasteiger partial charge in [0.2, 0.25) is 0 Å². The molecule has 1 amide bonds. The zero-order valence-electron chi connectivity index (χ0n) is 17.8. The van der Waals surface area contributed by atoms with E-state index in [9.17, 15) is 18.0 Å². The Morgan fingerprint density at radius 1 is 1.12 bits per heavy atom. The molecular formula is C23H24ClF3N4O. The van der Waals surface area contributed by atoms with Gasteiger partial charge in [-0.3, -0.25) is 9.89 Å². The second-order valence-corrected chi connectivity index (χ2v) is 8.83. The fourth-order valence-corrected chi connectivity index (χ4v) is 4.48. The lowest BCUT2D eigenvalue weighted by molar-refractivity contribution is 0.0918. The molecule has 0 saturated heterocycles. The first-order valence-electron chi connectivity index (χ1n) is 10.6. The van der Waals surface area contributed by atoms with Crippen LogP contribution >= 0.6 is 11.6 Å². The highest BCUT2D eigenvalue weighted by Crippen LogP contribution is 2.30. The number of hydrogen-bond acceptors (Lipinski definition) is 3. The molecule has 0 unspecified atom stereocenters. The number of halogens is 4. The van der Waals surface area contributed by atoms with E-state index in [0.29, 0.717) is 18.8 Å². The largest absolute Gasteiger partial charge is 0.368 e. The number of carbonyl (C=O) groups excluding carboxylic acids is 1. The van der Waals surface area contributed by atoms with Gasteiger partial charge in [0.25, 0.3) is 5.91 Å². The SMILES string of the molecule is Cc1ccc2c(NCC3CCC(NC(=O)c4c(F)c(C)c(F)c(F)c4Cl)CC3)n[nH]c2c1. The number of H-pyrrole nitrogens is 1. The van der Waals surface area contributed by atoms with E-state index in [-0.39, 0.29) is 6.04 Å². The van der Waals surface area contributed by atoms with Crippen molar-refractivity contribution in [1.82, 2.24) is 15.5 Å². The van der Waals surface area contributed by atoms with Gasteiger partial charge < -0.3 is 10.6 Å². The molecule has 1 heterocycles. The maximum atomic E-state index is 14.4. The van der Waals surface area contributed by atoms with Crippen LogP contribution in [0.15, 0.2) is 18.2 Å². The summed E-state index contributed by atoms with van der Waals surface area (Å²) in [6.45, 7) is 3.85. The van der Waals surface area contributed by atoms with Crippen molar-refractivity contribution in [2.75, 3.05) is 11.9 Å². The number of anilines is 1. The van der Waals surface area contributed by atoms with Crippen LogP contribution in [-0.4, -0.2) is 28.7 Å². The first-order chi connectivity index (χ1) is 15.3. The molecule has 9 heteroatoms. The highest BCUT2D eigenvalue weighted by Gasteiger charge is 2.29. The number of amides is 1. The fraction of sp³-hybridized carbons (Fsp3) is 0.391. The van der Waals surface area contributed by atoms with Gasteiger partial charge >= 0.3 is 0 Å². The lowest BCUT2D eigenvalue weighted by Crippen LogP contribution is -2.39. The minimum atomic E-state index is -1.41. The topological polar surface area (TPSA) is 69.8 Å². The quantitative estimate of drug-likeness (QED) is 0.337. The number of carbonyl (C=O) groups is 1. The van der Waals surface area contributed by atoms with Crippen LogP contribution in [-0.2, 0) is 0 Å². The molecule has 0 spiro atoms. The van der Waals surface area contributed by atoms with Crippen molar-refractivity contribution in [3.05, 3.63) is 57.4 Å². The average molecular weight is 465 g/mol. The first kappa shape index (κ1) is 22.5. The van der Waals surface area contributed by atoms with Crippen LogP contribution in [0.3, 0.4) is 0 Å².